The minimum absolute atomic E-state index is 0.0224. The number of hydrogen-bond acceptors (Lipinski definition) is 4. The highest BCUT2D eigenvalue weighted by Gasteiger charge is 2.38. The normalized spacial score (nSPS) is 16.9. The van der Waals surface area contributed by atoms with E-state index in [4.69, 9.17) is 0 Å². The van der Waals surface area contributed by atoms with Crippen LogP contribution in [0.4, 0.5) is 0 Å². The van der Waals surface area contributed by atoms with Gasteiger partial charge in [0.15, 0.2) is 5.78 Å². The zero-order valence-corrected chi connectivity index (χ0v) is 11.9. The summed E-state index contributed by atoms with van der Waals surface area (Å²) >= 11 is 0. The monoisotopic (exact) mass is 276 g/mol. The Morgan fingerprint density at radius 2 is 2.00 bits per heavy atom. The lowest BCUT2D eigenvalue weighted by Gasteiger charge is -2.20. The summed E-state index contributed by atoms with van der Waals surface area (Å²) in [5.74, 6) is -0.351. The summed E-state index contributed by atoms with van der Waals surface area (Å²) in [6, 6.07) is 3.44. The SMILES string of the molecule is CC(=O)c1ccc(CNC(=O)C2(O)CCCC2)nc1C. The molecule has 5 nitrogen and oxygen atoms in total. The van der Waals surface area contributed by atoms with Crippen molar-refractivity contribution in [2.24, 2.45) is 0 Å². The number of aliphatic hydroxyl groups is 1. The molecule has 1 amide bonds. The van der Waals surface area contributed by atoms with Crippen LogP contribution in [0.5, 0.6) is 0 Å². The lowest BCUT2D eigenvalue weighted by Crippen LogP contribution is -2.44. The number of aromatic nitrogens is 1. The van der Waals surface area contributed by atoms with Gasteiger partial charge in [0.25, 0.3) is 5.91 Å². The molecular weight excluding hydrogens is 256 g/mol. The molecule has 0 aliphatic heterocycles. The molecule has 0 saturated heterocycles. The minimum atomic E-state index is -1.21. The van der Waals surface area contributed by atoms with Crippen molar-refractivity contribution in [3.63, 3.8) is 0 Å². The van der Waals surface area contributed by atoms with Gasteiger partial charge in [-0.3, -0.25) is 14.6 Å². The summed E-state index contributed by atoms with van der Waals surface area (Å²) < 4.78 is 0. The van der Waals surface area contributed by atoms with E-state index in [1.165, 1.54) is 6.92 Å². The van der Waals surface area contributed by atoms with Gasteiger partial charge in [0.05, 0.1) is 12.2 Å². The van der Waals surface area contributed by atoms with Gasteiger partial charge in [-0.05, 0) is 51.7 Å². The Kier molecular flexibility index (Phi) is 4.18. The van der Waals surface area contributed by atoms with Crippen molar-refractivity contribution in [3.05, 3.63) is 29.1 Å². The topological polar surface area (TPSA) is 79.3 Å². The van der Waals surface area contributed by atoms with E-state index in [9.17, 15) is 14.7 Å². The van der Waals surface area contributed by atoms with Crippen molar-refractivity contribution >= 4 is 11.7 Å². The third kappa shape index (κ3) is 3.04. The fourth-order valence-corrected chi connectivity index (χ4v) is 2.61. The zero-order valence-electron chi connectivity index (χ0n) is 11.9. The molecule has 1 aromatic heterocycles. The first-order chi connectivity index (χ1) is 9.42. The number of ketones is 1. The molecule has 1 aliphatic carbocycles. The molecule has 0 bridgehead atoms. The number of rotatable bonds is 4. The number of Topliss-reactive ketones (excluding diaryl/α,β-unsaturated/α-hetero) is 1. The highest BCUT2D eigenvalue weighted by Crippen LogP contribution is 2.29. The van der Waals surface area contributed by atoms with Gasteiger partial charge in [0.2, 0.25) is 0 Å². The lowest BCUT2D eigenvalue weighted by molar-refractivity contribution is -0.139. The minimum Gasteiger partial charge on any atom is -0.380 e. The van der Waals surface area contributed by atoms with Crippen LogP contribution in [0.3, 0.4) is 0 Å². The van der Waals surface area contributed by atoms with Crippen molar-refractivity contribution in [1.29, 1.82) is 0 Å². The average molecular weight is 276 g/mol. The van der Waals surface area contributed by atoms with Crippen molar-refractivity contribution in [1.82, 2.24) is 10.3 Å². The van der Waals surface area contributed by atoms with E-state index < -0.39 is 5.60 Å². The zero-order chi connectivity index (χ0) is 14.8. The fourth-order valence-electron chi connectivity index (χ4n) is 2.61. The predicted molar refractivity (Wildman–Crippen MR) is 74.2 cm³/mol. The first-order valence-electron chi connectivity index (χ1n) is 6.90. The Bertz CT molecular complexity index is 534. The molecule has 1 aliphatic rings. The second-order valence-electron chi connectivity index (χ2n) is 5.41. The molecule has 1 saturated carbocycles. The molecule has 0 spiro atoms. The van der Waals surface area contributed by atoms with Crippen molar-refractivity contribution in [3.8, 4) is 0 Å². The Labute approximate surface area is 118 Å². The van der Waals surface area contributed by atoms with Crippen LogP contribution in [0.1, 0.15) is 54.4 Å². The maximum atomic E-state index is 12.0. The number of nitrogens with one attached hydrogen (secondary N) is 1. The van der Waals surface area contributed by atoms with Crippen LogP contribution in [0.25, 0.3) is 0 Å². The Morgan fingerprint density at radius 3 is 2.55 bits per heavy atom. The summed E-state index contributed by atoms with van der Waals surface area (Å²) in [6.07, 6.45) is 2.81. The number of nitrogens with zero attached hydrogens (tertiary/aromatic N) is 1. The number of carbonyl (C=O) groups excluding carboxylic acids is 2. The van der Waals surface area contributed by atoms with E-state index in [2.05, 4.69) is 10.3 Å². The van der Waals surface area contributed by atoms with Crippen LogP contribution < -0.4 is 5.32 Å². The summed E-state index contributed by atoms with van der Waals surface area (Å²) in [7, 11) is 0. The Balaban J connectivity index is 1.99. The molecule has 1 heterocycles. The molecule has 2 rings (SSSR count). The number of amides is 1. The second-order valence-corrected chi connectivity index (χ2v) is 5.41. The summed E-state index contributed by atoms with van der Waals surface area (Å²) in [5.41, 5.74) is 0.717. The van der Waals surface area contributed by atoms with Crippen molar-refractivity contribution in [2.45, 2.75) is 51.7 Å². The van der Waals surface area contributed by atoms with Crippen LogP contribution in [-0.2, 0) is 11.3 Å². The number of pyridine rings is 1. The number of aryl methyl sites for hydroxylation is 1. The Hall–Kier alpha value is -1.75. The molecule has 0 atom stereocenters. The van der Waals surface area contributed by atoms with E-state index in [0.717, 1.165) is 12.8 Å². The van der Waals surface area contributed by atoms with Gasteiger partial charge in [-0.15, -0.1) is 0 Å². The van der Waals surface area contributed by atoms with Crippen LogP contribution in [-0.4, -0.2) is 27.4 Å². The molecular formula is C15H20N2O3. The number of hydrogen-bond donors (Lipinski definition) is 2. The summed E-state index contributed by atoms with van der Waals surface area (Å²) in [4.78, 5) is 27.6. The van der Waals surface area contributed by atoms with E-state index in [1.807, 2.05) is 0 Å². The van der Waals surface area contributed by atoms with Gasteiger partial charge < -0.3 is 10.4 Å². The van der Waals surface area contributed by atoms with Gasteiger partial charge in [-0.25, -0.2) is 0 Å². The summed E-state index contributed by atoms with van der Waals surface area (Å²) in [5, 5.41) is 12.9. The molecule has 0 unspecified atom stereocenters. The second kappa shape index (κ2) is 5.71. The van der Waals surface area contributed by atoms with Gasteiger partial charge in [0.1, 0.15) is 5.60 Å². The maximum absolute atomic E-state index is 12.0. The smallest absolute Gasteiger partial charge is 0.252 e. The van der Waals surface area contributed by atoms with Crippen LogP contribution in [0.2, 0.25) is 0 Å². The molecule has 1 aromatic rings. The van der Waals surface area contributed by atoms with Gasteiger partial charge in [-0.2, -0.15) is 0 Å². The Morgan fingerprint density at radius 1 is 1.35 bits per heavy atom. The van der Waals surface area contributed by atoms with Crippen molar-refractivity contribution in [2.75, 3.05) is 0 Å². The predicted octanol–water partition coefficient (Wildman–Crippen LogP) is 1.51. The first-order valence-corrected chi connectivity index (χ1v) is 6.90. The molecule has 0 radical (unpaired) electrons. The van der Waals surface area contributed by atoms with E-state index in [-0.39, 0.29) is 18.2 Å². The molecule has 1 fully saturated rings. The fraction of sp³-hybridized carbons (Fsp3) is 0.533. The standard InChI is InChI=1S/C15H20N2O3/c1-10-13(11(2)18)6-5-12(17-10)9-16-14(19)15(20)7-3-4-8-15/h5-6,20H,3-4,7-9H2,1-2H3,(H,16,19). The average Bonchev–Trinajstić information content (AvgIpc) is 2.84. The highest BCUT2D eigenvalue weighted by molar-refractivity contribution is 5.95. The summed E-state index contributed by atoms with van der Waals surface area (Å²) in [6.45, 7) is 3.54. The lowest BCUT2D eigenvalue weighted by atomic mass is 10.0. The largest absolute Gasteiger partial charge is 0.380 e. The number of carbonyl (C=O) groups is 2. The van der Waals surface area contributed by atoms with Crippen LogP contribution in [0.15, 0.2) is 12.1 Å². The molecule has 108 valence electrons. The highest BCUT2D eigenvalue weighted by atomic mass is 16.3. The van der Waals surface area contributed by atoms with Crippen LogP contribution in [0, 0.1) is 6.92 Å². The third-order valence-corrected chi connectivity index (χ3v) is 3.81. The van der Waals surface area contributed by atoms with E-state index in [0.29, 0.717) is 29.8 Å². The van der Waals surface area contributed by atoms with E-state index in [1.54, 1.807) is 19.1 Å². The van der Waals surface area contributed by atoms with Gasteiger partial charge in [0, 0.05) is 11.3 Å². The quantitative estimate of drug-likeness (QED) is 0.817. The molecule has 5 heteroatoms. The maximum Gasteiger partial charge on any atom is 0.252 e. The molecule has 0 aromatic carbocycles. The third-order valence-electron chi connectivity index (χ3n) is 3.81. The molecule has 20 heavy (non-hydrogen) atoms. The molecule has 2 N–H and O–H groups in total. The van der Waals surface area contributed by atoms with Crippen molar-refractivity contribution < 1.29 is 14.7 Å². The van der Waals surface area contributed by atoms with E-state index >= 15 is 0 Å². The van der Waals surface area contributed by atoms with Gasteiger partial charge >= 0.3 is 0 Å². The van der Waals surface area contributed by atoms with Crippen LogP contribution >= 0.6 is 0 Å². The van der Waals surface area contributed by atoms with Gasteiger partial charge in [-0.1, -0.05) is 0 Å². The first kappa shape index (κ1) is 14.7.